The molecule has 11 aromatic carbocycles. The zero-order valence-corrected chi connectivity index (χ0v) is 51.0. The molecule has 0 saturated carbocycles. The van der Waals surface area contributed by atoms with Crippen molar-refractivity contribution in [2.45, 2.75) is 97.3 Å². The number of hydrogen-bond donors (Lipinski definition) is 0. The van der Waals surface area contributed by atoms with E-state index >= 15 is 0 Å². The van der Waals surface area contributed by atoms with Gasteiger partial charge in [-0.05, 0) is 167 Å². The van der Waals surface area contributed by atoms with Crippen LogP contribution in [0.15, 0.2) is 235 Å². The lowest BCUT2D eigenvalue weighted by molar-refractivity contribution is 0.403. The minimum atomic E-state index is -0.118. The average molecular weight is 1110 g/mol. The average Bonchev–Trinajstić information content (AvgIpc) is 0.849. The summed E-state index contributed by atoms with van der Waals surface area (Å²) in [5.41, 5.74) is 28.8. The van der Waals surface area contributed by atoms with E-state index in [1.54, 1.807) is 0 Å². The summed E-state index contributed by atoms with van der Waals surface area (Å²) in [6.45, 7) is 23.3. The Morgan fingerprint density at radius 2 is 0.802 bits per heavy atom. The molecule has 86 heavy (non-hydrogen) atoms. The Labute approximate surface area is 506 Å². The van der Waals surface area contributed by atoms with Crippen molar-refractivity contribution >= 4 is 101 Å². The fourth-order valence-electron chi connectivity index (χ4n) is 15.4. The molecule has 418 valence electrons. The molecule has 0 saturated heterocycles. The van der Waals surface area contributed by atoms with E-state index in [0.717, 1.165) is 62.5 Å². The standard InChI is InChI=1S/C81H70BN3O/c1-78(2,3)56-32-23-50(24-33-56)54-30-41-67-71(44-54)83(58-36-27-52(28-37-58)53-29-40-65-66(43-53)81(9,10)49-80(65,7)8)73-46-60(85-69-20-14-11-17-61(69)62-18-12-15-21-70(62)85)47-74-77(73)82(67)68-42-31-55(51-25-34-57(35-26-51)79(4,5)6)45-72(68)84(74)59-38-39-64-63-19-13-16-22-75(63)86-76(64)48-59/h11-48H,49H2,1-10H3. The monoisotopic (exact) mass is 1110 g/mol. The molecule has 5 heteroatoms. The first-order valence-corrected chi connectivity index (χ1v) is 30.8. The maximum atomic E-state index is 6.78. The molecule has 0 radical (unpaired) electrons. The lowest BCUT2D eigenvalue weighted by Crippen LogP contribution is -2.61. The van der Waals surface area contributed by atoms with Crippen LogP contribution >= 0.6 is 0 Å². The van der Waals surface area contributed by atoms with Crippen LogP contribution in [0.1, 0.15) is 97.9 Å². The highest BCUT2D eigenvalue weighted by Gasteiger charge is 2.45. The molecule has 0 unspecified atom stereocenters. The quantitative estimate of drug-likeness (QED) is 0.155. The number of nitrogens with zero attached hydrogens (tertiary/aromatic N) is 3. The Morgan fingerprint density at radius 3 is 1.36 bits per heavy atom. The smallest absolute Gasteiger partial charge is 0.252 e. The van der Waals surface area contributed by atoms with E-state index in [1.807, 2.05) is 0 Å². The second-order valence-corrected chi connectivity index (χ2v) is 28.1. The molecule has 13 aromatic rings. The number of anilines is 6. The summed E-state index contributed by atoms with van der Waals surface area (Å²) in [4.78, 5) is 5.14. The summed E-state index contributed by atoms with van der Waals surface area (Å²) in [6.07, 6.45) is 1.14. The van der Waals surface area contributed by atoms with E-state index < -0.39 is 0 Å². The molecule has 3 aliphatic rings. The van der Waals surface area contributed by atoms with Crippen LogP contribution in [-0.2, 0) is 21.7 Å². The van der Waals surface area contributed by atoms with Crippen LogP contribution in [-0.4, -0.2) is 11.3 Å². The maximum absolute atomic E-state index is 6.78. The SMILES string of the molecule is CC(C)(C)c1ccc(-c2ccc3c(c2)N(c2ccc(-c4ccc5c(c4)C(C)(C)CC5(C)C)cc2)c2cc(-n4c5ccccc5c5ccccc54)cc4c2B3c2ccc(-c3ccc(C(C)(C)C)cc3)cc2N4c2ccc3c(c2)oc2ccccc23)cc1. The number of para-hydroxylation sites is 3. The molecule has 0 N–H and O–H groups in total. The molecule has 0 spiro atoms. The van der Waals surface area contributed by atoms with E-state index in [0.29, 0.717) is 0 Å². The Morgan fingerprint density at radius 1 is 0.360 bits per heavy atom. The van der Waals surface area contributed by atoms with Crippen LogP contribution in [0.3, 0.4) is 0 Å². The summed E-state index contributed by atoms with van der Waals surface area (Å²) in [7, 11) is 0. The van der Waals surface area contributed by atoms with Crippen LogP contribution in [0.25, 0.3) is 82.8 Å². The second kappa shape index (κ2) is 18.6. The van der Waals surface area contributed by atoms with Gasteiger partial charge in [-0.1, -0.05) is 227 Å². The van der Waals surface area contributed by atoms with Crippen LogP contribution in [0.4, 0.5) is 34.1 Å². The van der Waals surface area contributed by atoms with Crippen LogP contribution in [0.5, 0.6) is 0 Å². The number of benzene rings is 11. The summed E-state index contributed by atoms with van der Waals surface area (Å²) in [5, 5.41) is 4.68. The van der Waals surface area contributed by atoms with E-state index in [1.165, 1.54) is 99.5 Å². The van der Waals surface area contributed by atoms with Crippen LogP contribution in [0, 0.1) is 0 Å². The fourth-order valence-corrected chi connectivity index (χ4v) is 15.4. The summed E-state index contributed by atoms with van der Waals surface area (Å²) in [6, 6.07) is 87.7. The second-order valence-electron chi connectivity index (χ2n) is 28.1. The van der Waals surface area contributed by atoms with Gasteiger partial charge >= 0.3 is 0 Å². The number of rotatable bonds is 6. The zero-order valence-electron chi connectivity index (χ0n) is 51.0. The van der Waals surface area contributed by atoms with Gasteiger partial charge in [0.05, 0.1) is 16.7 Å². The lowest BCUT2D eigenvalue weighted by Gasteiger charge is -2.44. The van der Waals surface area contributed by atoms with Gasteiger partial charge in [0, 0.05) is 61.7 Å². The van der Waals surface area contributed by atoms with Crippen molar-refractivity contribution in [2.24, 2.45) is 0 Å². The third-order valence-corrected chi connectivity index (χ3v) is 19.5. The van der Waals surface area contributed by atoms with Gasteiger partial charge < -0.3 is 18.8 Å². The number of hydrogen-bond acceptors (Lipinski definition) is 3. The largest absolute Gasteiger partial charge is 0.456 e. The third kappa shape index (κ3) is 8.10. The Bertz CT molecular complexity index is 4870. The topological polar surface area (TPSA) is 24.6 Å². The minimum Gasteiger partial charge on any atom is -0.456 e. The Balaban J connectivity index is 0.984. The lowest BCUT2D eigenvalue weighted by atomic mass is 9.33. The molecule has 2 aliphatic heterocycles. The van der Waals surface area contributed by atoms with Gasteiger partial charge in [0.15, 0.2) is 0 Å². The Kier molecular flexibility index (Phi) is 11.3. The first-order valence-electron chi connectivity index (χ1n) is 30.8. The summed E-state index contributed by atoms with van der Waals surface area (Å²) < 4.78 is 9.28. The first kappa shape index (κ1) is 52.3. The van der Waals surface area contributed by atoms with Gasteiger partial charge in [-0.25, -0.2) is 0 Å². The van der Waals surface area contributed by atoms with Crippen molar-refractivity contribution in [2.75, 3.05) is 9.80 Å². The molecule has 0 atom stereocenters. The van der Waals surface area contributed by atoms with E-state index in [-0.39, 0.29) is 28.4 Å². The van der Waals surface area contributed by atoms with Crippen molar-refractivity contribution in [3.8, 4) is 39.1 Å². The predicted molar refractivity (Wildman–Crippen MR) is 366 cm³/mol. The molecule has 16 rings (SSSR count). The molecule has 0 bridgehead atoms. The van der Waals surface area contributed by atoms with E-state index in [4.69, 9.17) is 4.42 Å². The highest BCUT2D eigenvalue weighted by atomic mass is 16.3. The molecular formula is C81H70BN3O. The molecule has 2 aromatic heterocycles. The van der Waals surface area contributed by atoms with E-state index in [2.05, 4.69) is 314 Å². The molecule has 4 heterocycles. The van der Waals surface area contributed by atoms with Gasteiger partial charge in [0.2, 0.25) is 0 Å². The van der Waals surface area contributed by atoms with Crippen LogP contribution < -0.4 is 26.2 Å². The highest BCUT2D eigenvalue weighted by molar-refractivity contribution is 7.00. The van der Waals surface area contributed by atoms with Gasteiger partial charge in [-0.2, -0.15) is 0 Å². The first-order chi connectivity index (χ1) is 41.4. The molecule has 1 aliphatic carbocycles. The molecule has 4 nitrogen and oxygen atoms in total. The van der Waals surface area contributed by atoms with Crippen molar-refractivity contribution in [1.82, 2.24) is 4.57 Å². The number of fused-ring (bicyclic) bond motifs is 11. The fraction of sp³-hybridized carbons (Fsp3) is 0.185. The van der Waals surface area contributed by atoms with Crippen molar-refractivity contribution in [3.05, 3.63) is 253 Å². The van der Waals surface area contributed by atoms with Crippen molar-refractivity contribution in [1.29, 1.82) is 0 Å². The van der Waals surface area contributed by atoms with Crippen molar-refractivity contribution < 1.29 is 4.42 Å². The van der Waals surface area contributed by atoms with Gasteiger partial charge in [-0.15, -0.1) is 0 Å². The van der Waals surface area contributed by atoms with E-state index in [9.17, 15) is 0 Å². The van der Waals surface area contributed by atoms with Crippen LogP contribution in [0.2, 0.25) is 0 Å². The molecule has 0 amide bonds. The predicted octanol–water partition coefficient (Wildman–Crippen LogP) is 20.3. The maximum Gasteiger partial charge on any atom is 0.252 e. The molecule has 0 fully saturated rings. The zero-order chi connectivity index (χ0) is 58.8. The van der Waals surface area contributed by atoms with Gasteiger partial charge in [-0.3, -0.25) is 0 Å². The highest BCUT2D eigenvalue weighted by Crippen LogP contribution is 2.52. The minimum absolute atomic E-state index is 0.0347. The number of furan rings is 1. The Hall–Kier alpha value is -9.32. The van der Waals surface area contributed by atoms with Crippen molar-refractivity contribution in [3.63, 3.8) is 0 Å². The van der Waals surface area contributed by atoms with Gasteiger partial charge in [0.1, 0.15) is 11.2 Å². The number of aromatic nitrogens is 1. The summed E-state index contributed by atoms with van der Waals surface area (Å²) in [5.74, 6) is 0. The normalized spacial score (nSPS) is 14.9. The summed E-state index contributed by atoms with van der Waals surface area (Å²) >= 11 is 0. The molecular weight excluding hydrogens is 1040 g/mol. The third-order valence-electron chi connectivity index (χ3n) is 19.5. The van der Waals surface area contributed by atoms with Gasteiger partial charge in [0.25, 0.3) is 6.71 Å².